The Kier molecular flexibility index (Phi) is 6.73. The molecule has 1 aromatic carbocycles. The quantitative estimate of drug-likeness (QED) is 0.655. The van der Waals surface area contributed by atoms with Gasteiger partial charge in [0.1, 0.15) is 4.21 Å². The van der Waals surface area contributed by atoms with Gasteiger partial charge in [-0.2, -0.15) is 0 Å². The lowest BCUT2D eigenvalue weighted by Gasteiger charge is -2.32. The maximum absolute atomic E-state index is 13.4. The molecule has 1 amide bonds. The van der Waals surface area contributed by atoms with E-state index in [1.165, 1.54) is 6.07 Å². The van der Waals surface area contributed by atoms with Crippen LogP contribution < -0.4 is 4.72 Å². The summed E-state index contributed by atoms with van der Waals surface area (Å²) in [5.41, 5.74) is 0.123. The fourth-order valence-corrected chi connectivity index (χ4v) is 6.38. The van der Waals surface area contributed by atoms with E-state index >= 15 is 0 Å². The lowest BCUT2D eigenvalue weighted by atomic mass is 9.93. The first-order chi connectivity index (χ1) is 14.8. The highest BCUT2D eigenvalue weighted by molar-refractivity contribution is 7.91. The number of nitrogens with one attached hydrogen (secondary N) is 1. The molecular formula is C21H24F2N2O5S2. The van der Waals surface area contributed by atoms with Gasteiger partial charge >= 0.3 is 5.97 Å². The van der Waals surface area contributed by atoms with E-state index in [-0.39, 0.29) is 34.3 Å². The Morgan fingerprint density at radius 1 is 1.22 bits per heavy atom. The predicted molar refractivity (Wildman–Crippen MR) is 115 cm³/mol. The molecule has 32 heavy (non-hydrogen) atoms. The number of carbonyl (C=O) groups is 2. The van der Waals surface area contributed by atoms with Gasteiger partial charge in [0, 0.05) is 23.4 Å². The first kappa shape index (κ1) is 24.3. The Hall–Kier alpha value is -2.37. The number of hydrogen-bond acceptors (Lipinski definition) is 6. The molecule has 1 aliphatic rings. The SMILES string of the molecule is COC(=O)c1c(S(=O)(=O)NCc2ccc(F)c(F)c2)sc2c1CCN(C(=O)C(C)(C)C)C2. The largest absolute Gasteiger partial charge is 0.465 e. The first-order valence-corrected chi connectivity index (χ1v) is 12.1. The highest BCUT2D eigenvalue weighted by Gasteiger charge is 2.36. The normalized spacial score (nSPS) is 14.2. The van der Waals surface area contributed by atoms with Gasteiger partial charge in [0.25, 0.3) is 10.0 Å². The summed E-state index contributed by atoms with van der Waals surface area (Å²) in [6.45, 7) is 5.66. The van der Waals surface area contributed by atoms with Gasteiger partial charge in [-0.3, -0.25) is 4.79 Å². The van der Waals surface area contributed by atoms with E-state index in [1.807, 2.05) is 0 Å². The minimum absolute atomic E-state index is 0.0480. The monoisotopic (exact) mass is 486 g/mol. The number of nitrogens with zero attached hydrogens (tertiary/aromatic N) is 1. The van der Waals surface area contributed by atoms with Crippen LogP contribution >= 0.6 is 11.3 Å². The summed E-state index contributed by atoms with van der Waals surface area (Å²) in [4.78, 5) is 27.4. The molecule has 1 aromatic heterocycles. The van der Waals surface area contributed by atoms with E-state index in [0.717, 1.165) is 30.6 Å². The van der Waals surface area contributed by atoms with Crippen molar-refractivity contribution in [3.63, 3.8) is 0 Å². The molecule has 0 spiro atoms. The van der Waals surface area contributed by atoms with Gasteiger partial charge in [-0.15, -0.1) is 11.3 Å². The van der Waals surface area contributed by atoms with Crippen molar-refractivity contribution in [2.75, 3.05) is 13.7 Å². The Labute approximate surface area is 189 Å². The standard InChI is InChI=1S/C21H24F2N2O5S2/c1-21(2,3)20(27)25-8-7-13-16(11-25)31-19(17(13)18(26)30-4)32(28,29)24-10-12-5-6-14(22)15(23)9-12/h5-6,9,24H,7-8,10-11H2,1-4H3. The highest BCUT2D eigenvalue weighted by atomic mass is 32.2. The number of methoxy groups -OCH3 is 1. The molecule has 0 unspecified atom stereocenters. The van der Waals surface area contributed by atoms with E-state index < -0.39 is 33.0 Å². The van der Waals surface area contributed by atoms with Crippen molar-refractivity contribution in [1.29, 1.82) is 0 Å². The number of fused-ring (bicyclic) bond motifs is 1. The summed E-state index contributed by atoms with van der Waals surface area (Å²) in [7, 11) is -3.02. The second-order valence-corrected chi connectivity index (χ2v) is 11.5. The van der Waals surface area contributed by atoms with Crippen LogP contribution in [0.15, 0.2) is 22.4 Å². The van der Waals surface area contributed by atoms with Gasteiger partial charge in [-0.05, 0) is 29.7 Å². The summed E-state index contributed by atoms with van der Waals surface area (Å²) in [6, 6.07) is 3.07. The summed E-state index contributed by atoms with van der Waals surface area (Å²) < 4.78 is 59.6. The van der Waals surface area contributed by atoms with Crippen LogP contribution in [-0.4, -0.2) is 38.8 Å². The number of thiophene rings is 1. The molecule has 2 aromatic rings. The van der Waals surface area contributed by atoms with E-state index in [9.17, 15) is 26.8 Å². The molecule has 7 nitrogen and oxygen atoms in total. The molecule has 0 radical (unpaired) electrons. The third kappa shape index (κ3) is 4.84. The zero-order valence-electron chi connectivity index (χ0n) is 18.1. The van der Waals surface area contributed by atoms with Crippen molar-refractivity contribution >= 4 is 33.2 Å². The number of halogens is 2. The first-order valence-electron chi connectivity index (χ1n) is 9.81. The zero-order chi connectivity index (χ0) is 23.8. The third-order valence-corrected chi connectivity index (χ3v) is 8.17. The van der Waals surface area contributed by atoms with Crippen molar-refractivity contribution < 1.29 is 31.5 Å². The highest BCUT2D eigenvalue weighted by Crippen LogP contribution is 2.37. The zero-order valence-corrected chi connectivity index (χ0v) is 19.8. The van der Waals surface area contributed by atoms with E-state index in [0.29, 0.717) is 23.4 Å². The fourth-order valence-electron chi connectivity index (χ4n) is 3.42. The average Bonchev–Trinajstić information content (AvgIpc) is 3.12. The molecule has 0 fully saturated rings. The van der Waals surface area contributed by atoms with Crippen molar-refractivity contribution in [2.24, 2.45) is 5.41 Å². The smallest absolute Gasteiger partial charge is 0.340 e. The molecule has 1 aliphatic heterocycles. The maximum atomic E-state index is 13.4. The van der Waals surface area contributed by atoms with E-state index in [1.54, 1.807) is 25.7 Å². The lowest BCUT2D eigenvalue weighted by Crippen LogP contribution is -2.42. The minimum atomic E-state index is -4.18. The van der Waals surface area contributed by atoms with Crippen LogP contribution in [0, 0.1) is 17.0 Å². The summed E-state index contributed by atoms with van der Waals surface area (Å²) in [5.74, 6) is -2.99. The number of esters is 1. The molecule has 0 atom stereocenters. The number of sulfonamides is 1. The van der Waals surface area contributed by atoms with Crippen LogP contribution in [0.3, 0.4) is 0 Å². The van der Waals surface area contributed by atoms with Crippen molar-refractivity contribution in [3.8, 4) is 0 Å². The van der Waals surface area contributed by atoms with Crippen LogP contribution in [0.4, 0.5) is 8.78 Å². The molecule has 0 bridgehead atoms. The number of hydrogen-bond donors (Lipinski definition) is 1. The van der Waals surface area contributed by atoms with Gasteiger partial charge in [0.05, 0.1) is 19.2 Å². The van der Waals surface area contributed by atoms with Gasteiger partial charge in [-0.1, -0.05) is 26.8 Å². The Morgan fingerprint density at radius 2 is 1.91 bits per heavy atom. The van der Waals surface area contributed by atoms with Crippen molar-refractivity contribution in [1.82, 2.24) is 9.62 Å². The van der Waals surface area contributed by atoms with Crippen molar-refractivity contribution in [2.45, 2.75) is 44.5 Å². The molecule has 1 N–H and O–H groups in total. The van der Waals surface area contributed by atoms with E-state index in [2.05, 4.69) is 4.72 Å². The topological polar surface area (TPSA) is 92.8 Å². The number of carbonyl (C=O) groups excluding carboxylic acids is 2. The Balaban J connectivity index is 1.93. The van der Waals surface area contributed by atoms with Crippen LogP contribution in [-0.2, 0) is 39.1 Å². The number of ether oxygens (including phenoxy) is 1. The summed E-state index contributed by atoms with van der Waals surface area (Å²) in [6.07, 6.45) is 0.316. The van der Waals surface area contributed by atoms with Crippen LogP contribution in [0.1, 0.15) is 47.1 Å². The Bertz CT molecular complexity index is 1170. The second kappa shape index (κ2) is 8.87. The second-order valence-electron chi connectivity index (χ2n) is 8.46. The van der Waals surface area contributed by atoms with E-state index in [4.69, 9.17) is 4.74 Å². The van der Waals surface area contributed by atoms with Crippen LogP contribution in [0.2, 0.25) is 0 Å². The molecule has 174 valence electrons. The summed E-state index contributed by atoms with van der Waals surface area (Å²) >= 11 is 0.906. The molecule has 11 heteroatoms. The molecule has 0 saturated carbocycles. The van der Waals surface area contributed by atoms with Crippen LogP contribution in [0.25, 0.3) is 0 Å². The van der Waals surface area contributed by atoms with Gasteiger partial charge in [0.15, 0.2) is 11.6 Å². The predicted octanol–water partition coefficient (Wildman–Crippen LogP) is 3.22. The number of benzene rings is 1. The fraction of sp³-hybridized carbons (Fsp3) is 0.429. The molecule has 3 rings (SSSR count). The minimum Gasteiger partial charge on any atom is -0.465 e. The van der Waals surface area contributed by atoms with Crippen molar-refractivity contribution in [3.05, 3.63) is 51.4 Å². The molecule has 0 saturated heterocycles. The van der Waals surface area contributed by atoms with Crippen LogP contribution in [0.5, 0.6) is 0 Å². The maximum Gasteiger partial charge on any atom is 0.340 e. The lowest BCUT2D eigenvalue weighted by molar-refractivity contribution is -0.140. The average molecular weight is 487 g/mol. The van der Waals surface area contributed by atoms with Gasteiger partial charge in [-0.25, -0.2) is 26.7 Å². The van der Waals surface area contributed by atoms with Gasteiger partial charge < -0.3 is 9.64 Å². The Morgan fingerprint density at radius 3 is 2.50 bits per heavy atom. The molecule has 0 aliphatic carbocycles. The number of amides is 1. The number of rotatable bonds is 5. The van der Waals surface area contributed by atoms with Gasteiger partial charge in [0.2, 0.25) is 5.91 Å². The third-order valence-electron chi connectivity index (χ3n) is 5.04. The molecular weight excluding hydrogens is 462 g/mol. The summed E-state index contributed by atoms with van der Waals surface area (Å²) in [5, 5.41) is 0. The molecule has 2 heterocycles.